The van der Waals surface area contributed by atoms with Crippen LogP contribution in [-0.4, -0.2) is 73.9 Å². The van der Waals surface area contributed by atoms with Crippen LogP contribution in [0.25, 0.3) is 11.1 Å². The van der Waals surface area contributed by atoms with Crippen molar-refractivity contribution in [3.63, 3.8) is 0 Å². The number of benzene rings is 3. The minimum Gasteiger partial charge on any atom is -0.493 e. The fraction of sp³-hybridized carbons (Fsp3) is 0.355. The average Bonchev–Trinajstić information content (AvgIpc) is 3.60. The first-order valence-electron chi connectivity index (χ1n) is 13.6. The molecule has 0 aromatic heterocycles. The highest BCUT2D eigenvalue weighted by Crippen LogP contribution is 2.45. The van der Waals surface area contributed by atoms with Gasteiger partial charge in [0.05, 0.1) is 31.0 Å². The summed E-state index contributed by atoms with van der Waals surface area (Å²) in [7, 11) is 1.50. The summed E-state index contributed by atoms with van der Waals surface area (Å²) in [6.07, 6.45) is -0.691. The number of aliphatic hydroxyl groups excluding tert-OH is 1. The van der Waals surface area contributed by atoms with Crippen LogP contribution in [0, 0.1) is 0 Å². The number of hydrogen-bond donors (Lipinski definition) is 1. The number of nitrogens with zero attached hydrogens (tertiary/aromatic N) is 2. The number of anilines is 1. The number of ether oxygens (including phenoxy) is 4. The van der Waals surface area contributed by atoms with Gasteiger partial charge in [-0.3, -0.25) is 4.79 Å². The molecule has 1 aliphatic carbocycles. The molecule has 0 saturated carbocycles. The number of hydrogen-bond acceptors (Lipinski definition) is 7. The standard InChI is InChI=1S/C31H30N2O7/c1-37-27-13-23-26(14-28(27)39-16-18-15-38-18)33(30(35)25-11-6-12-32(25)29(23)34)31(36)40-17-24-21-9-4-2-7-19(21)20-8-3-5-10-22(20)24/h2-5,7-10,13-14,18,24-25,30,35H,6,11-12,15-17H2,1H3/t18?,25-,30?/m0/s1. The topological polar surface area (TPSA) is 101 Å². The molecule has 0 spiro atoms. The van der Waals surface area contributed by atoms with E-state index in [9.17, 15) is 14.7 Å². The zero-order valence-electron chi connectivity index (χ0n) is 22.1. The Balaban J connectivity index is 1.23. The fourth-order valence-corrected chi connectivity index (χ4v) is 6.23. The molecule has 206 valence electrons. The summed E-state index contributed by atoms with van der Waals surface area (Å²) in [5.41, 5.74) is 4.92. The molecule has 3 aromatic rings. The van der Waals surface area contributed by atoms with Gasteiger partial charge in [-0.15, -0.1) is 0 Å². The van der Waals surface area contributed by atoms with E-state index in [1.54, 1.807) is 17.0 Å². The van der Waals surface area contributed by atoms with Gasteiger partial charge in [0.1, 0.15) is 19.3 Å². The summed E-state index contributed by atoms with van der Waals surface area (Å²) in [6.45, 7) is 1.52. The van der Waals surface area contributed by atoms with E-state index in [0.717, 1.165) is 28.7 Å². The van der Waals surface area contributed by atoms with Gasteiger partial charge in [-0.05, 0) is 41.2 Å². The van der Waals surface area contributed by atoms with E-state index in [4.69, 9.17) is 18.9 Å². The maximum absolute atomic E-state index is 13.9. The predicted octanol–water partition coefficient (Wildman–Crippen LogP) is 4.16. The lowest BCUT2D eigenvalue weighted by atomic mass is 9.98. The second-order valence-electron chi connectivity index (χ2n) is 10.6. The Kier molecular flexibility index (Phi) is 6.13. The van der Waals surface area contributed by atoms with Crippen molar-refractivity contribution in [3.05, 3.63) is 77.4 Å². The molecule has 7 rings (SSSR count). The van der Waals surface area contributed by atoms with Crippen LogP contribution in [0.2, 0.25) is 0 Å². The maximum Gasteiger partial charge on any atom is 0.416 e. The van der Waals surface area contributed by atoms with Crippen LogP contribution in [0.4, 0.5) is 10.5 Å². The first kappa shape index (κ1) is 24.9. The Bertz CT molecular complexity index is 1440. The lowest BCUT2D eigenvalue weighted by Gasteiger charge is -2.32. The molecule has 9 heteroatoms. The quantitative estimate of drug-likeness (QED) is 0.467. The first-order valence-corrected chi connectivity index (χ1v) is 13.6. The smallest absolute Gasteiger partial charge is 0.416 e. The van der Waals surface area contributed by atoms with Gasteiger partial charge in [0.2, 0.25) is 0 Å². The number of fused-ring (bicyclic) bond motifs is 5. The van der Waals surface area contributed by atoms with E-state index >= 15 is 0 Å². The summed E-state index contributed by atoms with van der Waals surface area (Å²) in [5.74, 6) is 0.321. The van der Waals surface area contributed by atoms with Gasteiger partial charge in [-0.1, -0.05) is 48.5 Å². The molecule has 3 heterocycles. The molecular weight excluding hydrogens is 512 g/mol. The number of carbonyl (C=O) groups excluding carboxylic acids is 2. The normalized spacial score (nSPS) is 22.6. The number of carbonyl (C=O) groups is 2. The van der Waals surface area contributed by atoms with Crippen molar-refractivity contribution in [1.29, 1.82) is 0 Å². The van der Waals surface area contributed by atoms with Crippen LogP contribution in [0.5, 0.6) is 11.5 Å². The van der Waals surface area contributed by atoms with Crippen molar-refractivity contribution in [1.82, 2.24) is 4.90 Å². The summed E-state index contributed by atoms with van der Waals surface area (Å²) >= 11 is 0. The molecule has 2 saturated heterocycles. The predicted molar refractivity (Wildman–Crippen MR) is 146 cm³/mol. The number of methoxy groups -OCH3 is 1. The van der Waals surface area contributed by atoms with Crippen molar-refractivity contribution >= 4 is 17.7 Å². The molecule has 2 amide bonds. The van der Waals surface area contributed by atoms with Crippen LogP contribution in [0.3, 0.4) is 0 Å². The fourth-order valence-electron chi connectivity index (χ4n) is 6.23. The second-order valence-corrected chi connectivity index (χ2v) is 10.6. The van der Waals surface area contributed by atoms with Crippen LogP contribution < -0.4 is 14.4 Å². The molecule has 2 fully saturated rings. The van der Waals surface area contributed by atoms with Crippen LogP contribution >= 0.6 is 0 Å². The molecule has 4 aliphatic rings. The first-order chi connectivity index (χ1) is 19.5. The molecule has 1 N–H and O–H groups in total. The van der Waals surface area contributed by atoms with E-state index < -0.39 is 18.4 Å². The monoisotopic (exact) mass is 542 g/mol. The lowest BCUT2D eigenvalue weighted by Crippen LogP contribution is -2.51. The number of aliphatic hydroxyl groups is 1. The Hall–Kier alpha value is -4.08. The van der Waals surface area contributed by atoms with Crippen molar-refractivity contribution in [2.75, 3.05) is 38.4 Å². The minimum atomic E-state index is -1.28. The largest absolute Gasteiger partial charge is 0.493 e. The average molecular weight is 543 g/mol. The van der Waals surface area contributed by atoms with Crippen molar-refractivity contribution in [2.45, 2.75) is 37.1 Å². The maximum atomic E-state index is 13.9. The van der Waals surface area contributed by atoms with E-state index in [0.29, 0.717) is 37.7 Å². The lowest BCUT2D eigenvalue weighted by molar-refractivity contribution is 0.0488. The Morgan fingerprint density at radius 1 is 1.00 bits per heavy atom. The molecule has 0 radical (unpaired) electrons. The highest BCUT2D eigenvalue weighted by atomic mass is 16.6. The zero-order chi connectivity index (χ0) is 27.4. The summed E-state index contributed by atoms with van der Waals surface area (Å²) in [4.78, 5) is 30.4. The van der Waals surface area contributed by atoms with Gasteiger partial charge in [0.25, 0.3) is 5.91 Å². The van der Waals surface area contributed by atoms with Crippen LogP contribution in [0.15, 0.2) is 60.7 Å². The third-order valence-electron chi connectivity index (χ3n) is 8.30. The number of amides is 2. The summed E-state index contributed by atoms with van der Waals surface area (Å²) in [6, 6.07) is 18.8. The molecule has 0 bridgehead atoms. The molecule has 3 aromatic carbocycles. The molecular formula is C31H30N2O7. The van der Waals surface area contributed by atoms with Gasteiger partial charge in [-0.2, -0.15) is 0 Å². The highest BCUT2D eigenvalue weighted by molar-refractivity contribution is 6.06. The summed E-state index contributed by atoms with van der Waals surface area (Å²) < 4.78 is 22.7. The van der Waals surface area contributed by atoms with Gasteiger partial charge in [-0.25, -0.2) is 9.69 Å². The van der Waals surface area contributed by atoms with Gasteiger partial charge in [0.15, 0.2) is 17.7 Å². The zero-order valence-corrected chi connectivity index (χ0v) is 22.1. The Labute approximate surface area is 231 Å². The Morgan fingerprint density at radius 2 is 1.70 bits per heavy atom. The third-order valence-corrected chi connectivity index (χ3v) is 8.30. The molecule has 9 nitrogen and oxygen atoms in total. The van der Waals surface area contributed by atoms with Crippen molar-refractivity contribution < 1.29 is 33.6 Å². The second kappa shape index (κ2) is 9.83. The van der Waals surface area contributed by atoms with Crippen LogP contribution in [-0.2, 0) is 9.47 Å². The minimum absolute atomic E-state index is 0.000517. The van der Waals surface area contributed by atoms with E-state index in [2.05, 4.69) is 24.3 Å². The third kappa shape index (κ3) is 4.08. The molecule has 3 atom stereocenters. The SMILES string of the molecule is COc1cc2c(cc1OCC1CO1)N(C(=O)OCC1c3ccccc3-c3ccccc31)C(O)[C@@H]1CCCN1C2=O. The van der Waals surface area contributed by atoms with E-state index in [1.807, 2.05) is 24.3 Å². The van der Waals surface area contributed by atoms with Gasteiger partial charge < -0.3 is 29.0 Å². The summed E-state index contributed by atoms with van der Waals surface area (Å²) in [5, 5.41) is 11.5. The van der Waals surface area contributed by atoms with E-state index in [1.165, 1.54) is 12.0 Å². The highest BCUT2D eigenvalue weighted by Gasteiger charge is 2.45. The van der Waals surface area contributed by atoms with Crippen molar-refractivity contribution in [2.24, 2.45) is 0 Å². The van der Waals surface area contributed by atoms with Gasteiger partial charge >= 0.3 is 6.09 Å². The molecule has 2 unspecified atom stereocenters. The molecule has 40 heavy (non-hydrogen) atoms. The Morgan fingerprint density at radius 3 is 2.38 bits per heavy atom. The van der Waals surface area contributed by atoms with Crippen LogP contribution in [0.1, 0.15) is 40.2 Å². The number of rotatable bonds is 6. The van der Waals surface area contributed by atoms with Gasteiger partial charge in [0, 0.05) is 18.5 Å². The van der Waals surface area contributed by atoms with Crippen molar-refractivity contribution in [3.8, 4) is 22.6 Å². The molecule has 3 aliphatic heterocycles. The number of epoxide rings is 1. The van der Waals surface area contributed by atoms with E-state index in [-0.39, 0.29) is 35.8 Å².